The fourth-order valence-corrected chi connectivity index (χ4v) is 2.63. The number of aromatic nitrogens is 3. The highest BCUT2D eigenvalue weighted by molar-refractivity contribution is 5.10. The second-order valence-electron chi connectivity index (χ2n) is 6.77. The van der Waals surface area contributed by atoms with Crippen molar-refractivity contribution in [2.45, 2.75) is 45.1 Å². The Labute approximate surface area is 125 Å². The van der Waals surface area contributed by atoms with Crippen LogP contribution in [0.1, 0.15) is 50.5 Å². The Hall–Kier alpha value is -1.75. The van der Waals surface area contributed by atoms with E-state index >= 15 is 0 Å². The number of rotatable bonds is 3. The molecule has 1 unspecified atom stereocenters. The van der Waals surface area contributed by atoms with Crippen molar-refractivity contribution >= 4 is 0 Å². The first kappa shape index (κ1) is 14.2. The van der Waals surface area contributed by atoms with Gasteiger partial charge in [0.15, 0.2) is 0 Å². The van der Waals surface area contributed by atoms with Crippen molar-refractivity contribution < 1.29 is 4.42 Å². The molecule has 1 saturated heterocycles. The van der Waals surface area contributed by atoms with E-state index in [-0.39, 0.29) is 5.41 Å². The third-order valence-corrected chi connectivity index (χ3v) is 3.86. The summed E-state index contributed by atoms with van der Waals surface area (Å²) in [5, 5.41) is 8.45. The number of hydrogen-bond donors (Lipinski definition) is 0. The van der Waals surface area contributed by atoms with Gasteiger partial charge in [0, 0.05) is 30.9 Å². The molecule has 0 amide bonds. The molecule has 1 atom stereocenters. The number of pyridine rings is 1. The van der Waals surface area contributed by atoms with Crippen LogP contribution < -0.4 is 0 Å². The Bertz CT molecular complexity index is 588. The van der Waals surface area contributed by atoms with Crippen LogP contribution in [0.4, 0.5) is 0 Å². The first-order valence-corrected chi connectivity index (χ1v) is 7.47. The monoisotopic (exact) mass is 286 g/mol. The average molecular weight is 286 g/mol. The Morgan fingerprint density at radius 2 is 2.00 bits per heavy atom. The fourth-order valence-electron chi connectivity index (χ4n) is 2.63. The summed E-state index contributed by atoms with van der Waals surface area (Å²) in [7, 11) is 0. The molecule has 112 valence electrons. The van der Waals surface area contributed by atoms with Crippen molar-refractivity contribution in [3.63, 3.8) is 0 Å². The van der Waals surface area contributed by atoms with Gasteiger partial charge in [0.05, 0.1) is 5.92 Å². The van der Waals surface area contributed by atoms with Crippen molar-refractivity contribution in [2.24, 2.45) is 0 Å². The van der Waals surface area contributed by atoms with Crippen LogP contribution in [0.3, 0.4) is 0 Å². The lowest BCUT2D eigenvalue weighted by Crippen LogP contribution is -2.19. The van der Waals surface area contributed by atoms with Crippen LogP contribution >= 0.6 is 0 Å². The number of likely N-dealkylation sites (tertiary alicyclic amines) is 1. The molecule has 0 bridgehead atoms. The van der Waals surface area contributed by atoms with E-state index in [2.05, 4.69) is 53.0 Å². The largest absolute Gasteiger partial charge is 0.424 e. The van der Waals surface area contributed by atoms with E-state index in [1.165, 1.54) is 5.56 Å². The molecule has 0 saturated carbocycles. The van der Waals surface area contributed by atoms with E-state index in [1.807, 2.05) is 12.4 Å². The highest BCUT2D eigenvalue weighted by Crippen LogP contribution is 2.29. The molecular formula is C16H22N4O. The van der Waals surface area contributed by atoms with Gasteiger partial charge in [0.2, 0.25) is 11.8 Å². The zero-order valence-electron chi connectivity index (χ0n) is 12.9. The van der Waals surface area contributed by atoms with Gasteiger partial charge in [-0.2, -0.15) is 0 Å². The summed E-state index contributed by atoms with van der Waals surface area (Å²) < 4.78 is 5.87. The molecule has 0 N–H and O–H groups in total. The van der Waals surface area contributed by atoms with Gasteiger partial charge in [0.25, 0.3) is 0 Å². The van der Waals surface area contributed by atoms with Crippen LogP contribution in [-0.2, 0) is 12.0 Å². The topological polar surface area (TPSA) is 55.1 Å². The van der Waals surface area contributed by atoms with Crippen molar-refractivity contribution in [3.8, 4) is 0 Å². The predicted octanol–water partition coefficient (Wildman–Crippen LogP) is 2.75. The summed E-state index contributed by atoms with van der Waals surface area (Å²) >= 11 is 0. The number of nitrogens with zero attached hydrogens (tertiary/aromatic N) is 4. The predicted molar refractivity (Wildman–Crippen MR) is 79.9 cm³/mol. The van der Waals surface area contributed by atoms with Gasteiger partial charge in [-0.1, -0.05) is 20.8 Å². The van der Waals surface area contributed by atoms with Crippen LogP contribution in [0.15, 0.2) is 28.9 Å². The van der Waals surface area contributed by atoms with Gasteiger partial charge in [0.1, 0.15) is 0 Å². The lowest BCUT2D eigenvalue weighted by Gasteiger charge is -2.15. The second-order valence-corrected chi connectivity index (χ2v) is 6.77. The molecule has 1 aliphatic heterocycles. The summed E-state index contributed by atoms with van der Waals surface area (Å²) in [6, 6.07) is 4.13. The molecule has 0 radical (unpaired) electrons. The quantitative estimate of drug-likeness (QED) is 0.868. The second kappa shape index (κ2) is 5.56. The van der Waals surface area contributed by atoms with Crippen molar-refractivity contribution in [1.29, 1.82) is 0 Å². The van der Waals surface area contributed by atoms with Gasteiger partial charge < -0.3 is 4.42 Å². The Morgan fingerprint density at radius 1 is 1.24 bits per heavy atom. The number of hydrogen-bond acceptors (Lipinski definition) is 5. The molecule has 2 aromatic heterocycles. The van der Waals surface area contributed by atoms with Crippen LogP contribution in [0.5, 0.6) is 0 Å². The Morgan fingerprint density at radius 3 is 2.67 bits per heavy atom. The molecule has 5 nitrogen and oxygen atoms in total. The first-order valence-electron chi connectivity index (χ1n) is 7.47. The molecule has 2 aromatic rings. The first-order chi connectivity index (χ1) is 10.0. The fraction of sp³-hybridized carbons (Fsp3) is 0.562. The molecule has 3 rings (SSSR count). The minimum absolute atomic E-state index is 0.0828. The van der Waals surface area contributed by atoms with Crippen LogP contribution in [0, 0.1) is 0 Å². The van der Waals surface area contributed by atoms with Gasteiger partial charge in [-0.3, -0.25) is 9.88 Å². The zero-order valence-corrected chi connectivity index (χ0v) is 12.9. The summed E-state index contributed by atoms with van der Waals surface area (Å²) in [6.45, 7) is 9.28. The summed E-state index contributed by atoms with van der Waals surface area (Å²) in [5.74, 6) is 1.87. The van der Waals surface area contributed by atoms with Gasteiger partial charge in [-0.25, -0.2) is 0 Å². The molecule has 0 aliphatic carbocycles. The molecule has 1 aliphatic rings. The van der Waals surface area contributed by atoms with Gasteiger partial charge in [-0.05, 0) is 30.7 Å². The molecule has 3 heterocycles. The van der Waals surface area contributed by atoms with E-state index < -0.39 is 0 Å². The zero-order chi connectivity index (χ0) is 14.9. The van der Waals surface area contributed by atoms with E-state index in [4.69, 9.17) is 4.42 Å². The van der Waals surface area contributed by atoms with E-state index in [0.29, 0.717) is 5.92 Å². The molecule has 5 heteroatoms. The lowest BCUT2D eigenvalue weighted by atomic mass is 9.97. The minimum Gasteiger partial charge on any atom is -0.424 e. The van der Waals surface area contributed by atoms with Crippen molar-refractivity contribution in [3.05, 3.63) is 41.9 Å². The maximum atomic E-state index is 5.87. The average Bonchev–Trinajstić information content (AvgIpc) is 3.07. The van der Waals surface area contributed by atoms with Crippen LogP contribution in [0.2, 0.25) is 0 Å². The summed E-state index contributed by atoms with van der Waals surface area (Å²) in [5.41, 5.74) is 1.21. The third kappa shape index (κ3) is 3.29. The molecule has 1 fully saturated rings. The maximum absolute atomic E-state index is 5.87. The minimum atomic E-state index is -0.0828. The maximum Gasteiger partial charge on any atom is 0.221 e. The smallest absolute Gasteiger partial charge is 0.221 e. The van der Waals surface area contributed by atoms with Crippen molar-refractivity contribution in [2.75, 3.05) is 13.1 Å². The third-order valence-electron chi connectivity index (χ3n) is 3.86. The van der Waals surface area contributed by atoms with Gasteiger partial charge >= 0.3 is 0 Å². The molecule has 21 heavy (non-hydrogen) atoms. The Balaban J connectivity index is 1.63. The highest BCUT2D eigenvalue weighted by atomic mass is 16.4. The Kier molecular flexibility index (Phi) is 3.76. The van der Waals surface area contributed by atoms with Crippen molar-refractivity contribution in [1.82, 2.24) is 20.1 Å². The van der Waals surface area contributed by atoms with Gasteiger partial charge in [-0.15, -0.1) is 10.2 Å². The summed E-state index contributed by atoms with van der Waals surface area (Å²) in [6.07, 6.45) is 4.77. The van der Waals surface area contributed by atoms with Crippen LogP contribution in [-0.4, -0.2) is 33.2 Å². The van der Waals surface area contributed by atoms with Crippen LogP contribution in [0.25, 0.3) is 0 Å². The summed E-state index contributed by atoms with van der Waals surface area (Å²) in [4.78, 5) is 6.49. The molecular weight excluding hydrogens is 264 g/mol. The van der Waals surface area contributed by atoms with E-state index in [0.717, 1.165) is 37.8 Å². The lowest BCUT2D eigenvalue weighted by molar-refractivity contribution is 0.313. The highest BCUT2D eigenvalue weighted by Gasteiger charge is 2.30. The van der Waals surface area contributed by atoms with E-state index in [1.54, 1.807) is 0 Å². The standard InChI is InChI=1S/C16H22N4O/c1-16(2,3)15-19-18-14(21-15)13-6-9-20(11-13)10-12-4-7-17-8-5-12/h4-5,7-8,13H,6,9-11H2,1-3H3. The SMILES string of the molecule is CC(C)(C)c1nnc(C2CCN(Cc3ccncc3)C2)o1. The van der Waals surface area contributed by atoms with E-state index in [9.17, 15) is 0 Å². The molecule has 0 spiro atoms. The molecule has 0 aromatic carbocycles. The normalized spacial score (nSPS) is 20.0.